The van der Waals surface area contributed by atoms with Crippen LogP contribution in [0.5, 0.6) is 0 Å². The van der Waals surface area contributed by atoms with Gasteiger partial charge in [0.15, 0.2) is 11.0 Å². The minimum atomic E-state index is -0.458. The van der Waals surface area contributed by atoms with Gasteiger partial charge in [-0.1, -0.05) is 42.1 Å². The molecule has 0 saturated carbocycles. The SMILES string of the molecule is CCOC(=O)c1c(-c2ccccc2)csc1NC(=O)CSc1nnc(-c2ccc(N(CC)CC)cc2)n1C. The molecule has 4 aromatic rings. The van der Waals surface area contributed by atoms with Crippen molar-refractivity contribution >= 4 is 45.7 Å². The summed E-state index contributed by atoms with van der Waals surface area (Å²) in [7, 11) is 1.89. The summed E-state index contributed by atoms with van der Waals surface area (Å²) in [4.78, 5) is 27.9. The van der Waals surface area contributed by atoms with Gasteiger partial charge in [0.05, 0.1) is 12.4 Å². The van der Waals surface area contributed by atoms with Crippen molar-refractivity contribution in [1.29, 1.82) is 0 Å². The monoisotopic (exact) mass is 549 g/mol. The minimum Gasteiger partial charge on any atom is -0.462 e. The zero-order valence-electron chi connectivity index (χ0n) is 21.9. The number of ether oxygens (including phenoxy) is 1. The molecule has 0 unspecified atom stereocenters. The molecule has 1 amide bonds. The number of nitrogens with zero attached hydrogens (tertiary/aromatic N) is 4. The van der Waals surface area contributed by atoms with E-state index in [1.165, 1.54) is 28.8 Å². The lowest BCUT2D eigenvalue weighted by Crippen LogP contribution is -2.21. The van der Waals surface area contributed by atoms with E-state index >= 15 is 0 Å². The van der Waals surface area contributed by atoms with Gasteiger partial charge in [-0.3, -0.25) is 4.79 Å². The molecule has 0 aliphatic carbocycles. The fraction of sp³-hybridized carbons (Fsp3) is 0.286. The lowest BCUT2D eigenvalue weighted by molar-refractivity contribution is -0.113. The van der Waals surface area contributed by atoms with Gasteiger partial charge >= 0.3 is 5.97 Å². The molecule has 0 fully saturated rings. The maximum atomic E-state index is 12.9. The van der Waals surface area contributed by atoms with Gasteiger partial charge in [-0.2, -0.15) is 0 Å². The molecule has 0 spiro atoms. The number of carbonyl (C=O) groups is 2. The smallest absolute Gasteiger partial charge is 0.341 e. The number of rotatable bonds is 11. The number of aromatic nitrogens is 3. The highest BCUT2D eigenvalue weighted by atomic mass is 32.2. The number of esters is 1. The maximum Gasteiger partial charge on any atom is 0.341 e. The second-order valence-corrected chi connectivity index (χ2v) is 10.2. The Hall–Kier alpha value is -3.63. The van der Waals surface area contributed by atoms with Crippen LogP contribution in [0.2, 0.25) is 0 Å². The summed E-state index contributed by atoms with van der Waals surface area (Å²) in [5.41, 5.74) is 4.12. The molecule has 8 nitrogen and oxygen atoms in total. The molecule has 0 aliphatic heterocycles. The van der Waals surface area contributed by atoms with Crippen molar-refractivity contribution in [2.24, 2.45) is 7.05 Å². The Labute approximate surface area is 231 Å². The van der Waals surface area contributed by atoms with Crippen LogP contribution in [0.1, 0.15) is 31.1 Å². The molecule has 0 atom stereocenters. The van der Waals surface area contributed by atoms with Crippen LogP contribution in [0.25, 0.3) is 22.5 Å². The van der Waals surface area contributed by atoms with E-state index in [9.17, 15) is 9.59 Å². The predicted molar refractivity (Wildman–Crippen MR) is 155 cm³/mol. The summed E-state index contributed by atoms with van der Waals surface area (Å²) >= 11 is 2.60. The van der Waals surface area contributed by atoms with Crippen molar-refractivity contribution in [3.8, 4) is 22.5 Å². The van der Waals surface area contributed by atoms with Gasteiger partial charge in [0.1, 0.15) is 10.6 Å². The first kappa shape index (κ1) is 27.4. The van der Waals surface area contributed by atoms with E-state index in [1.54, 1.807) is 6.92 Å². The van der Waals surface area contributed by atoms with Crippen LogP contribution < -0.4 is 10.2 Å². The summed E-state index contributed by atoms with van der Waals surface area (Å²) < 4.78 is 7.16. The molecule has 38 heavy (non-hydrogen) atoms. The van der Waals surface area contributed by atoms with Gasteiger partial charge < -0.3 is 19.5 Å². The van der Waals surface area contributed by atoms with Gasteiger partial charge in [0.2, 0.25) is 5.91 Å². The van der Waals surface area contributed by atoms with E-state index in [4.69, 9.17) is 4.74 Å². The molecule has 2 aromatic heterocycles. The van der Waals surface area contributed by atoms with Crippen LogP contribution in [0.3, 0.4) is 0 Å². The Balaban J connectivity index is 1.45. The molecule has 0 aliphatic rings. The Morgan fingerprint density at radius 1 is 1.00 bits per heavy atom. The van der Waals surface area contributed by atoms with Gasteiger partial charge in [-0.05, 0) is 50.6 Å². The fourth-order valence-electron chi connectivity index (χ4n) is 4.08. The van der Waals surface area contributed by atoms with Crippen LogP contribution in [0, 0.1) is 0 Å². The van der Waals surface area contributed by atoms with E-state index in [0.29, 0.717) is 15.7 Å². The molecule has 0 saturated heterocycles. The van der Waals surface area contributed by atoms with Crippen LogP contribution in [0.4, 0.5) is 10.7 Å². The summed E-state index contributed by atoms with van der Waals surface area (Å²) in [6, 6.07) is 17.8. The highest BCUT2D eigenvalue weighted by molar-refractivity contribution is 7.99. The second-order valence-electron chi connectivity index (χ2n) is 8.36. The Bertz CT molecular complexity index is 1380. The number of nitrogens with one attached hydrogen (secondary N) is 1. The van der Waals surface area contributed by atoms with Gasteiger partial charge in [-0.25, -0.2) is 4.79 Å². The summed E-state index contributed by atoms with van der Waals surface area (Å²) in [6.45, 7) is 8.18. The van der Waals surface area contributed by atoms with Crippen LogP contribution in [-0.2, 0) is 16.6 Å². The number of carbonyl (C=O) groups excluding carboxylic acids is 2. The summed E-state index contributed by atoms with van der Waals surface area (Å²) in [5.74, 6) is 0.151. The number of benzene rings is 2. The Morgan fingerprint density at radius 3 is 2.37 bits per heavy atom. The van der Waals surface area contributed by atoms with Crippen molar-refractivity contribution in [2.75, 3.05) is 35.7 Å². The molecule has 198 valence electrons. The fourth-order valence-corrected chi connectivity index (χ4v) is 5.77. The average molecular weight is 550 g/mol. The molecule has 0 radical (unpaired) electrons. The summed E-state index contributed by atoms with van der Waals surface area (Å²) in [5, 5.41) is 14.5. The number of hydrogen-bond acceptors (Lipinski definition) is 8. The number of hydrogen-bond donors (Lipinski definition) is 1. The third-order valence-corrected chi connectivity index (χ3v) is 7.95. The standard InChI is InChI=1S/C28H31N5O3S2/c1-5-33(6-2)21-15-13-20(14-16-21)25-30-31-28(32(25)4)38-18-23(34)29-26-24(27(35)36-7-3)22(17-37-26)19-11-9-8-10-12-19/h8-17H,5-7,18H2,1-4H3,(H,29,34). The molecule has 2 aromatic carbocycles. The maximum absolute atomic E-state index is 12.9. The zero-order chi connectivity index (χ0) is 27.1. The normalized spacial score (nSPS) is 10.8. The van der Waals surface area contributed by atoms with Crippen molar-refractivity contribution in [2.45, 2.75) is 25.9 Å². The molecule has 10 heteroatoms. The Kier molecular flexibility index (Phi) is 9.19. The van der Waals surface area contributed by atoms with Gasteiger partial charge in [-0.15, -0.1) is 21.5 Å². The van der Waals surface area contributed by atoms with E-state index in [1.807, 2.05) is 59.5 Å². The molecule has 2 heterocycles. The van der Waals surface area contributed by atoms with Gasteiger partial charge in [0, 0.05) is 42.3 Å². The van der Waals surface area contributed by atoms with Crippen LogP contribution in [0.15, 0.2) is 65.1 Å². The lowest BCUT2D eigenvalue weighted by Gasteiger charge is -2.21. The number of amides is 1. The van der Waals surface area contributed by atoms with E-state index in [2.05, 4.69) is 46.4 Å². The first-order chi connectivity index (χ1) is 18.5. The topological polar surface area (TPSA) is 89.3 Å². The van der Waals surface area contributed by atoms with Crippen molar-refractivity contribution < 1.29 is 14.3 Å². The first-order valence-electron chi connectivity index (χ1n) is 12.5. The van der Waals surface area contributed by atoms with Crippen molar-refractivity contribution in [3.05, 3.63) is 65.5 Å². The number of thiophene rings is 1. The molecular formula is C28H31N5O3S2. The Morgan fingerprint density at radius 2 is 1.71 bits per heavy atom. The second kappa shape index (κ2) is 12.7. The minimum absolute atomic E-state index is 0.119. The van der Waals surface area contributed by atoms with Crippen LogP contribution >= 0.6 is 23.1 Å². The first-order valence-corrected chi connectivity index (χ1v) is 14.3. The van der Waals surface area contributed by atoms with Crippen molar-refractivity contribution in [3.63, 3.8) is 0 Å². The summed E-state index contributed by atoms with van der Waals surface area (Å²) in [6.07, 6.45) is 0. The van der Waals surface area contributed by atoms with Gasteiger partial charge in [0.25, 0.3) is 0 Å². The molecule has 4 rings (SSSR count). The van der Waals surface area contributed by atoms with E-state index < -0.39 is 5.97 Å². The lowest BCUT2D eigenvalue weighted by atomic mass is 10.0. The zero-order valence-corrected chi connectivity index (χ0v) is 23.6. The number of anilines is 2. The van der Waals surface area contributed by atoms with E-state index in [0.717, 1.165) is 35.6 Å². The molecule has 1 N–H and O–H groups in total. The number of thioether (sulfide) groups is 1. The van der Waals surface area contributed by atoms with Crippen molar-refractivity contribution in [1.82, 2.24) is 14.8 Å². The van der Waals surface area contributed by atoms with E-state index in [-0.39, 0.29) is 18.3 Å². The highest BCUT2D eigenvalue weighted by Crippen LogP contribution is 2.36. The quantitative estimate of drug-likeness (QED) is 0.182. The van der Waals surface area contributed by atoms with Crippen LogP contribution in [-0.4, -0.2) is 52.1 Å². The molecular weight excluding hydrogens is 518 g/mol. The average Bonchev–Trinajstić information content (AvgIpc) is 3.52. The highest BCUT2D eigenvalue weighted by Gasteiger charge is 2.23. The predicted octanol–water partition coefficient (Wildman–Crippen LogP) is 5.96. The third-order valence-electron chi connectivity index (χ3n) is 6.03. The largest absolute Gasteiger partial charge is 0.462 e. The molecule has 0 bridgehead atoms. The third kappa shape index (κ3) is 6.08.